The van der Waals surface area contributed by atoms with E-state index in [1.54, 1.807) is 0 Å². The van der Waals surface area contributed by atoms with Crippen molar-refractivity contribution in [1.82, 2.24) is 0 Å². The van der Waals surface area contributed by atoms with Crippen LogP contribution in [0.5, 0.6) is 0 Å². The number of hydrogen-bond donors (Lipinski definition) is 2. The molecule has 2 aromatic rings. The van der Waals surface area contributed by atoms with E-state index >= 15 is 0 Å². The Morgan fingerprint density at radius 2 is 1.50 bits per heavy atom. The molecular formula is C23H29Cl2N3. The number of amidine groups is 1. The lowest BCUT2D eigenvalue weighted by Gasteiger charge is -2.41. The summed E-state index contributed by atoms with van der Waals surface area (Å²) in [5, 5.41) is 8.47. The van der Waals surface area contributed by atoms with E-state index in [9.17, 15) is 0 Å². The number of benzene rings is 2. The van der Waals surface area contributed by atoms with Crippen molar-refractivity contribution in [2.75, 3.05) is 10.6 Å². The van der Waals surface area contributed by atoms with Crippen LogP contribution < -0.4 is 10.6 Å². The van der Waals surface area contributed by atoms with Gasteiger partial charge in [0.2, 0.25) is 0 Å². The summed E-state index contributed by atoms with van der Waals surface area (Å²) >= 11 is 12.5. The van der Waals surface area contributed by atoms with Crippen LogP contribution in [0.4, 0.5) is 11.4 Å². The molecule has 1 saturated carbocycles. The van der Waals surface area contributed by atoms with Crippen molar-refractivity contribution in [2.24, 2.45) is 4.99 Å². The van der Waals surface area contributed by atoms with Crippen molar-refractivity contribution in [2.45, 2.75) is 64.5 Å². The summed E-state index contributed by atoms with van der Waals surface area (Å²) in [5.74, 6) is 1.02. The van der Waals surface area contributed by atoms with Crippen molar-refractivity contribution in [3.8, 4) is 0 Å². The van der Waals surface area contributed by atoms with E-state index in [0.29, 0.717) is 16.6 Å². The summed E-state index contributed by atoms with van der Waals surface area (Å²) in [6.07, 6.45) is 7.12. The summed E-state index contributed by atoms with van der Waals surface area (Å²) < 4.78 is 0. The second-order valence-corrected chi connectivity index (χ2v) is 8.02. The highest BCUT2D eigenvalue weighted by atomic mass is 35.5. The Bertz CT molecular complexity index is 810. The van der Waals surface area contributed by atoms with Crippen molar-refractivity contribution in [3.63, 3.8) is 0 Å². The van der Waals surface area contributed by atoms with Crippen LogP contribution in [0.2, 0.25) is 10.0 Å². The van der Waals surface area contributed by atoms with Gasteiger partial charge in [0.15, 0.2) is 0 Å². The fraction of sp³-hybridized carbons (Fsp3) is 0.435. The number of anilines is 2. The minimum absolute atomic E-state index is 0.143. The van der Waals surface area contributed by atoms with Gasteiger partial charge >= 0.3 is 0 Å². The first-order valence-electron chi connectivity index (χ1n) is 10.3. The zero-order valence-corrected chi connectivity index (χ0v) is 18.2. The van der Waals surface area contributed by atoms with Crippen molar-refractivity contribution < 1.29 is 0 Å². The van der Waals surface area contributed by atoms with Crippen LogP contribution >= 0.6 is 23.2 Å². The highest BCUT2D eigenvalue weighted by molar-refractivity contribution is 6.42. The van der Waals surface area contributed by atoms with Gasteiger partial charge in [-0.05, 0) is 30.5 Å². The first-order valence-corrected chi connectivity index (χ1v) is 11.0. The van der Waals surface area contributed by atoms with Crippen LogP contribution in [-0.2, 0) is 6.54 Å². The van der Waals surface area contributed by atoms with Crippen LogP contribution in [0.1, 0.15) is 57.9 Å². The number of hydrogen-bond acceptors (Lipinski definition) is 2. The lowest BCUT2D eigenvalue weighted by atomic mass is 9.86. The molecule has 2 aromatic carbocycles. The maximum atomic E-state index is 6.25. The van der Waals surface area contributed by atoms with Crippen LogP contribution in [0, 0.1) is 0 Å². The van der Waals surface area contributed by atoms with Crippen LogP contribution in [0.15, 0.2) is 47.5 Å². The summed E-state index contributed by atoms with van der Waals surface area (Å²) in [6, 6.07) is 14.2. The maximum absolute atomic E-state index is 6.25. The predicted octanol–water partition coefficient (Wildman–Crippen LogP) is 7.55. The van der Waals surface area contributed by atoms with E-state index in [1.807, 2.05) is 32.0 Å². The number of halogens is 2. The molecule has 0 atom stereocenters. The van der Waals surface area contributed by atoms with E-state index in [2.05, 4.69) is 34.9 Å². The van der Waals surface area contributed by atoms with Gasteiger partial charge < -0.3 is 10.6 Å². The van der Waals surface area contributed by atoms with E-state index in [-0.39, 0.29) is 5.54 Å². The minimum atomic E-state index is -0.143. The fourth-order valence-corrected chi connectivity index (χ4v) is 4.28. The molecular weight excluding hydrogens is 389 g/mol. The number of nitrogens with one attached hydrogen (secondary N) is 2. The SMILES string of the molecule is CC.Clc1cc2c(cc1Cl)NC1(CCCCCC1)C(=NCc1ccccc1)N2. The van der Waals surface area contributed by atoms with Crippen LogP contribution in [0.3, 0.4) is 0 Å². The van der Waals surface area contributed by atoms with Crippen LogP contribution in [0.25, 0.3) is 0 Å². The second kappa shape index (κ2) is 9.67. The molecule has 0 bridgehead atoms. The maximum Gasteiger partial charge on any atom is 0.127 e. The molecule has 1 aliphatic carbocycles. The molecule has 3 nitrogen and oxygen atoms in total. The number of aliphatic imine (C=N–C) groups is 1. The van der Waals surface area contributed by atoms with Gasteiger partial charge in [0.05, 0.1) is 33.5 Å². The predicted molar refractivity (Wildman–Crippen MR) is 123 cm³/mol. The van der Waals surface area contributed by atoms with Crippen molar-refractivity contribution in [1.29, 1.82) is 0 Å². The summed E-state index contributed by atoms with van der Waals surface area (Å²) in [5.41, 5.74) is 3.03. The molecule has 1 fully saturated rings. The molecule has 1 spiro atoms. The zero-order valence-electron chi connectivity index (χ0n) is 16.7. The Balaban J connectivity index is 0.00000109. The summed E-state index contributed by atoms with van der Waals surface area (Å²) in [7, 11) is 0. The smallest absolute Gasteiger partial charge is 0.127 e. The highest BCUT2D eigenvalue weighted by Gasteiger charge is 2.40. The molecule has 2 N–H and O–H groups in total. The third-order valence-electron chi connectivity index (χ3n) is 5.36. The molecule has 150 valence electrons. The molecule has 1 heterocycles. The van der Waals surface area contributed by atoms with Gasteiger partial charge in [-0.2, -0.15) is 0 Å². The van der Waals surface area contributed by atoms with Crippen LogP contribution in [-0.4, -0.2) is 11.4 Å². The van der Waals surface area contributed by atoms with Gasteiger partial charge in [-0.1, -0.05) is 93.1 Å². The van der Waals surface area contributed by atoms with Gasteiger partial charge in [0.25, 0.3) is 0 Å². The molecule has 0 amide bonds. The Kier molecular flexibility index (Phi) is 7.25. The Labute approximate surface area is 178 Å². The molecule has 2 aliphatic rings. The quantitative estimate of drug-likeness (QED) is 0.528. The highest BCUT2D eigenvalue weighted by Crippen LogP contribution is 2.42. The van der Waals surface area contributed by atoms with Gasteiger partial charge in [-0.3, -0.25) is 4.99 Å². The standard InChI is InChI=1S/C21H23Cl2N3.C2H6/c22-16-12-18-19(13-17(16)23)26-21(10-6-1-2-7-11-21)20(25-18)24-14-15-8-4-3-5-9-15;1-2/h3-5,8-9,12-13,26H,1-2,6-7,10-11,14H2,(H,24,25);1-2H3. The average Bonchev–Trinajstić information content (AvgIpc) is 2.96. The molecule has 1 aliphatic heterocycles. The molecule has 5 heteroatoms. The van der Waals surface area contributed by atoms with Crippen molar-refractivity contribution in [3.05, 3.63) is 58.1 Å². The molecule has 0 unspecified atom stereocenters. The van der Waals surface area contributed by atoms with Gasteiger partial charge in [0.1, 0.15) is 5.84 Å². The van der Waals surface area contributed by atoms with Gasteiger partial charge in [-0.15, -0.1) is 0 Å². The third-order valence-corrected chi connectivity index (χ3v) is 6.08. The average molecular weight is 418 g/mol. The monoisotopic (exact) mass is 417 g/mol. The molecule has 0 radical (unpaired) electrons. The Hall–Kier alpha value is -1.71. The molecule has 0 aromatic heterocycles. The minimum Gasteiger partial charge on any atom is -0.371 e. The lowest BCUT2D eigenvalue weighted by Crippen LogP contribution is -2.52. The lowest BCUT2D eigenvalue weighted by molar-refractivity contribution is 0.524. The fourth-order valence-electron chi connectivity index (χ4n) is 3.96. The first kappa shape index (κ1) is 21.0. The Morgan fingerprint density at radius 3 is 2.14 bits per heavy atom. The summed E-state index contributed by atoms with van der Waals surface area (Å²) in [4.78, 5) is 4.99. The zero-order chi connectivity index (χ0) is 20.0. The van der Waals surface area contributed by atoms with E-state index < -0.39 is 0 Å². The third kappa shape index (κ3) is 4.64. The normalized spacial score (nSPS) is 18.9. The largest absolute Gasteiger partial charge is 0.371 e. The summed E-state index contributed by atoms with van der Waals surface area (Å²) in [6.45, 7) is 4.67. The number of fused-ring (bicyclic) bond motifs is 1. The van der Waals surface area contributed by atoms with E-state index in [4.69, 9.17) is 28.2 Å². The van der Waals surface area contributed by atoms with Gasteiger partial charge in [-0.25, -0.2) is 0 Å². The van der Waals surface area contributed by atoms with Crippen molar-refractivity contribution >= 4 is 40.4 Å². The van der Waals surface area contributed by atoms with E-state index in [0.717, 1.165) is 30.1 Å². The molecule has 0 saturated heterocycles. The van der Waals surface area contributed by atoms with E-state index in [1.165, 1.54) is 31.2 Å². The molecule has 28 heavy (non-hydrogen) atoms. The molecule has 4 rings (SSSR count). The Morgan fingerprint density at radius 1 is 0.893 bits per heavy atom. The first-order chi connectivity index (χ1) is 13.7. The topological polar surface area (TPSA) is 36.4 Å². The number of nitrogens with zero attached hydrogens (tertiary/aromatic N) is 1. The second-order valence-electron chi connectivity index (χ2n) is 7.21. The van der Waals surface area contributed by atoms with Gasteiger partial charge in [0, 0.05) is 0 Å². The number of rotatable bonds is 2.